The second-order valence-corrected chi connectivity index (χ2v) is 8.81. The van der Waals surface area contributed by atoms with Crippen LogP contribution < -0.4 is 11.5 Å². The van der Waals surface area contributed by atoms with Crippen molar-refractivity contribution in [2.24, 2.45) is 11.7 Å². The summed E-state index contributed by atoms with van der Waals surface area (Å²) in [6.07, 6.45) is 3.26. The van der Waals surface area contributed by atoms with Crippen molar-refractivity contribution in [3.63, 3.8) is 0 Å². The fourth-order valence-corrected chi connectivity index (χ4v) is 4.61. The van der Waals surface area contributed by atoms with Crippen molar-refractivity contribution in [2.75, 3.05) is 12.3 Å². The molecule has 7 nitrogen and oxygen atoms in total. The number of carbonyl (C=O) groups is 3. The minimum Gasteiger partial charge on any atom is -0.481 e. The van der Waals surface area contributed by atoms with Gasteiger partial charge in [0.1, 0.15) is 0 Å². The van der Waals surface area contributed by atoms with Crippen molar-refractivity contribution in [3.8, 4) is 0 Å². The van der Waals surface area contributed by atoms with Crippen LogP contribution in [0.3, 0.4) is 0 Å². The van der Waals surface area contributed by atoms with E-state index < -0.39 is 24.0 Å². The first-order valence-corrected chi connectivity index (χ1v) is 11.5. The van der Waals surface area contributed by atoms with E-state index in [0.717, 1.165) is 24.8 Å². The van der Waals surface area contributed by atoms with E-state index in [1.54, 1.807) is 4.90 Å². The van der Waals surface area contributed by atoms with E-state index in [9.17, 15) is 19.5 Å². The fourth-order valence-electron chi connectivity index (χ4n) is 4.61. The second kappa shape index (κ2) is 11.6. The molecule has 1 aliphatic heterocycles. The molecule has 0 spiro atoms. The first-order chi connectivity index (χ1) is 15.8. The topological polar surface area (TPSA) is 127 Å². The van der Waals surface area contributed by atoms with Gasteiger partial charge in [0, 0.05) is 18.7 Å². The van der Waals surface area contributed by atoms with E-state index >= 15 is 0 Å². The third-order valence-electron chi connectivity index (χ3n) is 6.31. The molecule has 33 heavy (non-hydrogen) atoms. The largest absolute Gasteiger partial charge is 0.481 e. The average molecular weight is 452 g/mol. The highest BCUT2D eigenvalue weighted by Crippen LogP contribution is 2.30. The van der Waals surface area contributed by atoms with Crippen molar-refractivity contribution in [1.82, 2.24) is 4.90 Å². The molecule has 0 saturated carbocycles. The number of anilines is 1. The maximum Gasteiger partial charge on any atom is 0.304 e. The lowest BCUT2D eigenvalue weighted by Gasteiger charge is -2.29. The maximum absolute atomic E-state index is 12.9. The molecule has 1 aliphatic rings. The number of Topliss-reactive ketones (excluding diaryl/α,β-unsaturated/α-hetero) is 1. The number of rotatable bonds is 12. The minimum atomic E-state index is -1.01. The molecule has 3 atom stereocenters. The number of aryl methyl sites for hydroxylation is 2. The molecular formula is C26H33N3O4. The summed E-state index contributed by atoms with van der Waals surface area (Å²) in [5.74, 6) is -1.95. The quantitative estimate of drug-likeness (QED) is 0.426. The summed E-state index contributed by atoms with van der Waals surface area (Å²) in [6, 6.07) is 16.3. The number of benzene rings is 2. The number of carboxylic acids is 1. The predicted molar refractivity (Wildman–Crippen MR) is 127 cm³/mol. The number of carbonyl (C=O) groups excluding carboxylic acids is 2. The van der Waals surface area contributed by atoms with Crippen molar-refractivity contribution >= 4 is 23.3 Å². The van der Waals surface area contributed by atoms with Gasteiger partial charge >= 0.3 is 5.97 Å². The molecule has 2 aromatic carbocycles. The number of nitrogen functional groups attached to an aromatic ring is 1. The standard InChI is InChI=1S/C26H33N3O4/c27-21-12-4-9-19(15-21)10-5-13-23(30)25(28)22-16-20(17-24(31)32)26(33)29(22)14-6-11-18-7-2-1-3-8-18/h1-4,7-9,12,15,20,22,25H,5-6,10-11,13-14,16-17,27-28H2,(H,31,32)/t20-,22-,25?/m0/s1. The zero-order valence-corrected chi connectivity index (χ0v) is 18.9. The number of hydrogen-bond acceptors (Lipinski definition) is 5. The third-order valence-corrected chi connectivity index (χ3v) is 6.31. The molecular weight excluding hydrogens is 418 g/mol. The van der Waals surface area contributed by atoms with Crippen LogP contribution in [0.4, 0.5) is 5.69 Å². The predicted octanol–water partition coefficient (Wildman–Crippen LogP) is 2.81. The van der Waals surface area contributed by atoms with Crippen LogP contribution in [-0.2, 0) is 27.2 Å². The van der Waals surface area contributed by atoms with Gasteiger partial charge in [-0.1, -0.05) is 42.5 Å². The van der Waals surface area contributed by atoms with Crippen molar-refractivity contribution in [3.05, 3.63) is 65.7 Å². The number of ketones is 1. The Hall–Kier alpha value is -3.19. The summed E-state index contributed by atoms with van der Waals surface area (Å²) in [6.45, 7) is 0.457. The van der Waals surface area contributed by atoms with E-state index in [1.165, 1.54) is 5.56 Å². The van der Waals surface area contributed by atoms with Crippen molar-refractivity contribution in [2.45, 2.75) is 57.0 Å². The summed E-state index contributed by atoms with van der Waals surface area (Å²) >= 11 is 0. The Balaban J connectivity index is 1.59. The average Bonchev–Trinajstić information content (AvgIpc) is 3.08. The van der Waals surface area contributed by atoms with E-state index in [4.69, 9.17) is 11.5 Å². The summed E-state index contributed by atoms with van der Waals surface area (Å²) in [4.78, 5) is 38.7. The van der Waals surface area contributed by atoms with Gasteiger partial charge in [-0.05, 0) is 55.4 Å². The highest BCUT2D eigenvalue weighted by Gasteiger charge is 2.44. The van der Waals surface area contributed by atoms with Crippen LogP contribution in [0.25, 0.3) is 0 Å². The lowest BCUT2D eigenvalue weighted by atomic mass is 9.93. The summed E-state index contributed by atoms with van der Waals surface area (Å²) in [5.41, 5.74) is 15.1. The number of carboxylic acid groups (broad SMARTS) is 1. The van der Waals surface area contributed by atoms with Gasteiger partial charge < -0.3 is 21.5 Å². The molecule has 0 aromatic heterocycles. The molecule has 7 heteroatoms. The molecule has 1 unspecified atom stereocenters. The third kappa shape index (κ3) is 6.89. The fraction of sp³-hybridized carbons (Fsp3) is 0.423. The highest BCUT2D eigenvalue weighted by molar-refractivity contribution is 5.89. The molecule has 0 radical (unpaired) electrons. The van der Waals surface area contributed by atoms with E-state index in [2.05, 4.69) is 0 Å². The van der Waals surface area contributed by atoms with Crippen LogP contribution in [0.5, 0.6) is 0 Å². The number of amides is 1. The van der Waals surface area contributed by atoms with Gasteiger partial charge in [0.2, 0.25) is 5.91 Å². The van der Waals surface area contributed by atoms with Crippen LogP contribution >= 0.6 is 0 Å². The smallest absolute Gasteiger partial charge is 0.304 e. The lowest BCUT2D eigenvalue weighted by molar-refractivity contribution is -0.142. The van der Waals surface area contributed by atoms with E-state index in [-0.39, 0.29) is 18.1 Å². The van der Waals surface area contributed by atoms with Crippen LogP contribution in [0, 0.1) is 5.92 Å². The minimum absolute atomic E-state index is 0.0965. The molecule has 2 aromatic rings. The maximum atomic E-state index is 12.9. The van der Waals surface area contributed by atoms with Crippen LogP contribution in [-0.4, -0.2) is 46.3 Å². The Kier molecular flexibility index (Phi) is 8.60. The highest BCUT2D eigenvalue weighted by atomic mass is 16.4. The molecule has 5 N–H and O–H groups in total. The Bertz CT molecular complexity index is 963. The number of nitrogens with two attached hydrogens (primary N) is 2. The lowest BCUT2D eigenvalue weighted by Crippen LogP contribution is -2.50. The Morgan fingerprint density at radius 2 is 1.73 bits per heavy atom. The van der Waals surface area contributed by atoms with Gasteiger partial charge in [0.25, 0.3) is 0 Å². The van der Waals surface area contributed by atoms with Crippen molar-refractivity contribution in [1.29, 1.82) is 0 Å². The summed E-state index contributed by atoms with van der Waals surface area (Å²) in [7, 11) is 0. The normalized spacial score (nSPS) is 18.9. The number of nitrogens with zero attached hydrogens (tertiary/aromatic N) is 1. The molecule has 1 fully saturated rings. The molecule has 0 bridgehead atoms. The van der Waals surface area contributed by atoms with Gasteiger partial charge in [0.05, 0.1) is 24.4 Å². The molecule has 1 saturated heterocycles. The molecule has 1 heterocycles. The molecule has 3 rings (SSSR count). The van der Waals surface area contributed by atoms with Gasteiger partial charge in [-0.15, -0.1) is 0 Å². The van der Waals surface area contributed by atoms with Crippen molar-refractivity contribution < 1.29 is 19.5 Å². The Labute approximate surface area is 194 Å². The number of aliphatic carboxylic acids is 1. The van der Waals surface area contributed by atoms with Gasteiger partial charge in [-0.25, -0.2) is 0 Å². The second-order valence-electron chi connectivity index (χ2n) is 8.81. The number of hydrogen-bond donors (Lipinski definition) is 3. The Morgan fingerprint density at radius 3 is 2.42 bits per heavy atom. The van der Waals surface area contributed by atoms with E-state index in [1.807, 2.05) is 54.6 Å². The van der Waals surface area contributed by atoms with E-state index in [0.29, 0.717) is 31.5 Å². The first-order valence-electron chi connectivity index (χ1n) is 11.5. The Morgan fingerprint density at radius 1 is 1.03 bits per heavy atom. The monoisotopic (exact) mass is 451 g/mol. The summed E-state index contributed by atoms with van der Waals surface area (Å²) < 4.78 is 0. The SMILES string of the molecule is Nc1cccc(CCCC(=O)C(N)[C@@H]2C[C@@H](CC(=O)O)C(=O)N2CCCc2ccccc2)c1. The van der Waals surface area contributed by atoms with Crippen LogP contribution in [0.2, 0.25) is 0 Å². The molecule has 176 valence electrons. The van der Waals surface area contributed by atoms with Gasteiger partial charge in [0.15, 0.2) is 5.78 Å². The first kappa shape index (κ1) is 24.5. The van der Waals surface area contributed by atoms with Crippen LogP contribution in [0.15, 0.2) is 54.6 Å². The van der Waals surface area contributed by atoms with Crippen LogP contribution in [0.1, 0.15) is 43.2 Å². The molecule has 0 aliphatic carbocycles. The van der Waals surface area contributed by atoms with Gasteiger partial charge in [-0.3, -0.25) is 14.4 Å². The summed E-state index contributed by atoms with van der Waals surface area (Å²) in [5, 5.41) is 9.20. The van der Waals surface area contributed by atoms with Gasteiger partial charge in [-0.2, -0.15) is 0 Å². The number of likely N-dealkylation sites (tertiary alicyclic amines) is 1. The zero-order chi connectivity index (χ0) is 23.8. The molecule has 1 amide bonds. The zero-order valence-electron chi connectivity index (χ0n) is 18.9.